The Balaban J connectivity index is 1.44. The molecule has 0 N–H and O–H groups in total. The molecule has 5 rings (SSSR count). The van der Waals surface area contributed by atoms with Crippen molar-refractivity contribution >= 4 is 35.0 Å². The molecule has 0 radical (unpaired) electrons. The second kappa shape index (κ2) is 9.71. The van der Waals surface area contributed by atoms with Gasteiger partial charge >= 0.3 is 0 Å². The van der Waals surface area contributed by atoms with Gasteiger partial charge in [0.1, 0.15) is 11.4 Å². The van der Waals surface area contributed by atoms with E-state index < -0.39 is 18.4 Å². The van der Waals surface area contributed by atoms with Crippen molar-refractivity contribution in [2.75, 3.05) is 13.7 Å². The lowest BCUT2D eigenvalue weighted by Gasteiger charge is -2.35. The largest absolute Gasteiger partial charge is 0.497 e. The van der Waals surface area contributed by atoms with Gasteiger partial charge in [-0.1, -0.05) is 35.3 Å². The van der Waals surface area contributed by atoms with Gasteiger partial charge in [0.15, 0.2) is 0 Å². The van der Waals surface area contributed by atoms with E-state index in [0.29, 0.717) is 36.6 Å². The standard InChI is InChI=1S/C25H22Cl2F2N4O3/c1-36-16-5-2-14(3-6-16)12-31-8-9-33-22(25(31)35)17-13-32(21(23(28)29)11-20(17)30-33)24(34)15-4-7-18(26)19(27)10-15/h2-7,10,21,23H,8-9,11-13H2,1H3. The number of methoxy groups -OCH3 is 1. The molecule has 11 heteroatoms. The Hall–Kier alpha value is -3.17. The molecule has 0 saturated carbocycles. The van der Waals surface area contributed by atoms with Crippen LogP contribution in [0, 0.1) is 0 Å². The van der Waals surface area contributed by atoms with E-state index in [-0.39, 0.29) is 34.5 Å². The minimum Gasteiger partial charge on any atom is -0.497 e. The lowest BCUT2D eigenvalue weighted by atomic mass is 9.96. The number of hydrogen-bond acceptors (Lipinski definition) is 4. The third kappa shape index (κ3) is 4.41. The zero-order valence-electron chi connectivity index (χ0n) is 19.3. The highest BCUT2D eigenvalue weighted by Crippen LogP contribution is 2.33. The molecule has 3 heterocycles. The van der Waals surface area contributed by atoms with E-state index >= 15 is 0 Å². The number of benzene rings is 2. The number of amides is 2. The van der Waals surface area contributed by atoms with Gasteiger partial charge in [-0.15, -0.1) is 0 Å². The Morgan fingerprint density at radius 1 is 1.14 bits per heavy atom. The maximum Gasteiger partial charge on any atom is 0.272 e. The highest BCUT2D eigenvalue weighted by Gasteiger charge is 2.41. The zero-order chi connectivity index (χ0) is 25.6. The van der Waals surface area contributed by atoms with Crippen molar-refractivity contribution in [1.29, 1.82) is 0 Å². The lowest BCUT2D eigenvalue weighted by molar-refractivity contribution is 0.0136. The van der Waals surface area contributed by atoms with Gasteiger partial charge in [-0.2, -0.15) is 5.10 Å². The van der Waals surface area contributed by atoms with Gasteiger partial charge in [0.2, 0.25) is 0 Å². The predicted molar refractivity (Wildman–Crippen MR) is 130 cm³/mol. The van der Waals surface area contributed by atoms with Crippen LogP contribution in [-0.4, -0.2) is 57.5 Å². The molecular formula is C25H22Cl2F2N4O3. The second-order valence-corrected chi connectivity index (χ2v) is 9.55. The van der Waals surface area contributed by atoms with Gasteiger partial charge in [0.05, 0.1) is 42.0 Å². The summed E-state index contributed by atoms with van der Waals surface area (Å²) in [7, 11) is 1.58. The van der Waals surface area contributed by atoms with Crippen LogP contribution < -0.4 is 4.74 Å². The number of alkyl halides is 2. The smallest absolute Gasteiger partial charge is 0.272 e. The molecule has 1 aromatic heterocycles. The van der Waals surface area contributed by atoms with E-state index in [4.69, 9.17) is 27.9 Å². The Morgan fingerprint density at radius 3 is 2.56 bits per heavy atom. The summed E-state index contributed by atoms with van der Waals surface area (Å²) in [5, 5.41) is 4.88. The van der Waals surface area contributed by atoms with Crippen LogP contribution >= 0.6 is 23.2 Å². The molecule has 36 heavy (non-hydrogen) atoms. The van der Waals surface area contributed by atoms with Crippen molar-refractivity contribution in [3.63, 3.8) is 0 Å². The number of rotatable bonds is 5. The summed E-state index contributed by atoms with van der Waals surface area (Å²) in [6.07, 6.45) is -2.93. The summed E-state index contributed by atoms with van der Waals surface area (Å²) in [5.41, 5.74) is 2.34. The number of nitrogens with zero attached hydrogens (tertiary/aromatic N) is 4. The molecule has 7 nitrogen and oxygen atoms in total. The van der Waals surface area contributed by atoms with Gasteiger partial charge < -0.3 is 14.5 Å². The molecule has 0 saturated heterocycles. The normalized spacial score (nSPS) is 17.3. The first-order valence-corrected chi connectivity index (χ1v) is 12.1. The molecule has 0 spiro atoms. The van der Waals surface area contributed by atoms with Crippen molar-refractivity contribution in [1.82, 2.24) is 19.6 Å². The van der Waals surface area contributed by atoms with Crippen LogP contribution in [0.4, 0.5) is 8.78 Å². The fraction of sp³-hybridized carbons (Fsp3) is 0.320. The summed E-state index contributed by atoms with van der Waals surface area (Å²) < 4.78 is 34.8. The number of fused-ring (bicyclic) bond motifs is 3. The van der Waals surface area contributed by atoms with Gasteiger partial charge in [0, 0.05) is 30.6 Å². The topological polar surface area (TPSA) is 67.7 Å². The molecule has 188 valence electrons. The van der Waals surface area contributed by atoms with E-state index in [2.05, 4.69) is 5.10 Å². The highest BCUT2D eigenvalue weighted by molar-refractivity contribution is 6.42. The number of ether oxygens (including phenoxy) is 1. The van der Waals surface area contributed by atoms with E-state index in [1.165, 1.54) is 18.2 Å². The monoisotopic (exact) mass is 534 g/mol. The van der Waals surface area contributed by atoms with Crippen LogP contribution in [0.15, 0.2) is 42.5 Å². The van der Waals surface area contributed by atoms with Crippen LogP contribution in [0.1, 0.15) is 37.7 Å². The zero-order valence-corrected chi connectivity index (χ0v) is 20.8. The average molecular weight is 535 g/mol. The lowest BCUT2D eigenvalue weighted by Crippen LogP contribution is -2.48. The summed E-state index contributed by atoms with van der Waals surface area (Å²) in [6, 6.07) is 10.3. The molecule has 1 atom stereocenters. The SMILES string of the molecule is COc1ccc(CN2CCn3nc4c(c3C2=O)CN(C(=O)c2ccc(Cl)c(Cl)c2)C(C(F)F)C4)cc1. The number of aromatic nitrogens is 2. The van der Waals surface area contributed by atoms with E-state index in [9.17, 15) is 18.4 Å². The van der Waals surface area contributed by atoms with Crippen LogP contribution in [0.2, 0.25) is 10.0 Å². The molecule has 2 aliphatic heterocycles. The van der Waals surface area contributed by atoms with Crippen molar-refractivity contribution in [3.8, 4) is 5.75 Å². The van der Waals surface area contributed by atoms with Crippen molar-refractivity contribution in [2.45, 2.75) is 38.5 Å². The third-order valence-electron chi connectivity index (χ3n) is 6.59. The molecule has 0 aliphatic carbocycles. The van der Waals surface area contributed by atoms with Crippen molar-refractivity contribution in [2.24, 2.45) is 0 Å². The number of hydrogen-bond donors (Lipinski definition) is 0. The minimum atomic E-state index is -2.79. The van der Waals surface area contributed by atoms with Gasteiger partial charge in [-0.25, -0.2) is 8.78 Å². The minimum absolute atomic E-state index is 0.145. The number of carbonyl (C=O) groups is 2. The molecular weight excluding hydrogens is 513 g/mol. The van der Waals surface area contributed by atoms with E-state index in [1.54, 1.807) is 16.7 Å². The molecule has 0 bridgehead atoms. The fourth-order valence-electron chi connectivity index (χ4n) is 4.69. The molecule has 2 amide bonds. The Labute approximate surface area is 216 Å². The van der Waals surface area contributed by atoms with E-state index in [0.717, 1.165) is 16.2 Å². The molecule has 3 aromatic rings. The van der Waals surface area contributed by atoms with Gasteiger partial charge in [-0.05, 0) is 35.9 Å². The second-order valence-electron chi connectivity index (χ2n) is 8.74. The highest BCUT2D eigenvalue weighted by atomic mass is 35.5. The van der Waals surface area contributed by atoms with Gasteiger partial charge in [-0.3, -0.25) is 14.3 Å². The maximum absolute atomic E-state index is 14.0. The van der Waals surface area contributed by atoms with Crippen LogP contribution in [0.5, 0.6) is 5.75 Å². The summed E-state index contributed by atoms with van der Waals surface area (Å²) >= 11 is 12.0. The first-order valence-electron chi connectivity index (χ1n) is 11.3. The first-order chi connectivity index (χ1) is 17.3. The average Bonchev–Trinajstić information content (AvgIpc) is 3.25. The molecule has 1 unspecified atom stereocenters. The fourth-order valence-corrected chi connectivity index (χ4v) is 4.99. The molecule has 0 fully saturated rings. The Bertz CT molecular complexity index is 1330. The van der Waals surface area contributed by atoms with Crippen molar-refractivity contribution in [3.05, 3.63) is 80.6 Å². The maximum atomic E-state index is 14.0. The molecule has 2 aliphatic rings. The van der Waals surface area contributed by atoms with Crippen molar-refractivity contribution < 1.29 is 23.1 Å². The van der Waals surface area contributed by atoms with Crippen LogP contribution in [0.25, 0.3) is 0 Å². The number of halogens is 4. The first kappa shape index (κ1) is 24.5. The molecule has 2 aromatic carbocycles. The van der Waals surface area contributed by atoms with Gasteiger partial charge in [0.25, 0.3) is 18.2 Å². The summed E-state index contributed by atoms with van der Waals surface area (Å²) in [5.74, 6) is -0.137. The number of carbonyl (C=O) groups excluding carboxylic acids is 2. The Morgan fingerprint density at radius 2 is 1.89 bits per heavy atom. The third-order valence-corrected chi connectivity index (χ3v) is 7.33. The van der Waals surface area contributed by atoms with Crippen LogP contribution in [-0.2, 0) is 26.1 Å². The predicted octanol–water partition coefficient (Wildman–Crippen LogP) is 4.69. The quantitative estimate of drug-likeness (QED) is 0.476. The van der Waals surface area contributed by atoms with E-state index in [1.807, 2.05) is 24.3 Å². The van der Waals surface area contributed by atoms with Crippen LogP contribution in [0.3, 0.4) is 0 Å². The Kier molecular flexibility index (Phi) is 6.61. The summed E-state index contributed by atoms with van der Waals surface area (Å²) in [4.78, 5) is 29.6. The summed E-state index contributed by atoms with van der Waals surface area (Å²) in [6.45, 7) is 1.10.